The molecule has 4 nitrogen and oxygen atoms in total. The van der Waals surface area contributed by atoms with Crippen molar-refractivity contribution in [1.82, 2.24) is 14.3 Å². The molecule has 0 aliphatic carbocycles. The van der Waals surface area contributed by atoms with E-state index < -0.39 is 0 Å². The second-order valence-electron chi connectivity index (χ2n) is 2.67. The van der Waals surface area contributed by atoms with Crippen LogP contribution in [0.5, 0.6) is 0 Å². The van der Waals surface area contributed by atoms with Crippen molar-refractivity contribution in [2.75, 3.05) is 11.9 Å². The Hall–Kier alpha value is -1.49. The monoisotopic (exact) mass is 206 g/mol. The van der Waals surface area contributed by atoms with Crippen molar-refractivity contribution in [1.29, 1.82) is 0 Å². The third kappa shape index (κ3) is 1.88. The van der Waals surface area contributed by atoms with Crippen LogP contribution in [0.2, 0.25) is 0 Å². The van der Waals surface area contributed by atoms with Crippen LogP contribution in [0.15, 0.2) is 24.5 Å². The van der Waals surface area contributed by atoms with Crippen molar-refractivity contribution >= 4 is 17.5 Å². The molecule has 0 aliphatic heterocycles. The summed E-state index contributed by atoms with van der Waals surface area (Å²) in [5.41, 5.74) is 0.915. The Labute approximate surface area is 86.2 Å². The van der Waals surface area contributed by atoms with E-state index >= 15 is 0 Å². The van der Waals surface area contributed by atoms with Gasteiger partial charge < -0.3 is 5.32 Å². The van der Waals surface area contributed by atoms with Gasteiger partial charge in [-0.25, -0.2) is 14.3 Å². The summed E-state index contributed by atoms with van der Waals surface area (Å²) in [6.07, 6.45) is 3.52. The molecule has 72 valence electrons. The van der Waals surface area contributed by atoms with E-state index in [-0.39, 0.29) is 0 Å². The zero-order valence-corrected chi connectivity index (χ0v) is 8.58. The molecule has 14 heavy (non-hydrogen) atoms. The first-order chi connectivity index (χ1) is 6.90. The summed E-state index contributed by atoms with van der Waals surface area (Å²) in [5, 5.41) is 3.07. The first kappa shape index (κ1) is 9.08. The van der Waals surface area contributed by atoms with Gasteiger partial charge in [-0.15, -0.1) is 0 Å². The van der Waals surface area contributed by atoms with Gasteiger partial charge in [-0.1, -0.05) is 0 Å². The molecule has 5 heteroatoms. The molecule has 1 N–H and O–H groups in total. The van der Waals surface area contributed by atoms with Crippen molar-refractivity contribution in [3.8, 4) is 10.6 Å². The van der Waals surface area contributed by atoms with E-state index in [2.05, 4.69) is 19.7 Å². The van der Waals surface area contributed by atoms with Gasteiger partial charge in [-0.05, 0) is 30.6 Å². The second-order valence-corrected chi connectivity index (χ2v) is 3.51. The van der Waals surface area contributed by atoms with Gasteiger partial charge in [0.2, 0.25) is 5.95 Å². The highest BCUT2D eigenvalue weighted by atomic mass is 32.1. The Kier molecular flexibility index (Phi) is 2.69. The maximum absolute atomic E-state index is 4.35. The number of anilines is 1. The van der Waals surface area contributed by atoms with Crippen LogP contribution in [0.3, 0.4) is 0 Å². The summed E-state index contributed by atoms with van der Waals surface area (Å²) in [6, 6.07) is 3.83. The maximum Gasteiger partial charge on any atom is 0.223 e. The van der Waals surface area contributed by atoms with Gasteiger partial charge in [0.05, 0.1) is 10.6 Å². The van der Waals surface area contributed by atoms with Gasteiger partial charge in [-0.2, -0.15) is 0 Å². The standard InChI is InChI=1S/C9H10N4S/c1-2-10-9-11-5-3-7(13-9)8-4-6-12-14-8/h3-6H,2H2,1H3,(H,10,11,13). The van der Waals surface area contributed by atoms with Gasteiger partial charge in [0, 0.05) is 18.9 Å². The van der Waals surface area contributed by atoms with E-state index in [1.807, 2.05) is 19.1 Å². The normalized spacial score (nSPS) is 10.1. The molecule has 0 radical (unpaired) electrons. The molecule has 0 saturated carbocycles. The molecule has 0 amide bonds. The number of nitrogens with zero attached hydrogens (tertiary/aromatic N) is 3. The third-order valence-electron chi connectivity index (χ3n) is 1.68. The highest BCUT2D eigenvalue weighted by Crippen LogP contribution is 2.20. The van der Waals surface area contributed by atoms with Crippen LogP contribution >= 0.6 is 11.5 Å². The lowest BCUT2D eigenvalue weighted by molar-refractivity contribution is 1.09. The zero-order valence-electron chi connectivity index (χ0n) is 7.77. The first-order valence-electron chi connectivity index (χ1n) is 4.38. The van der Waals surface area contributed by atoms with Crippen molar-refractivity contribution in [3.05, 3.63) is 24.5 Å². The molecule has 0 spiro atoms. The van der Waals surface area contributed by atoms with Crippen molar-refractivity contribution in [2.24, 2.45) is 0 Å². The maximum atomic E-state index is 4.35. The third-order valence-corrected chi connectivity index (χ3v) is 2.45. The Balaban J connectivity index is 2.31. The zero-order chi connectivity index (χ0) is 9.80. The minimum Gasteiger partial charge on any atom is -0.354 e. The minimum absolute atomic E-state index is 0.665. The molecular formula is C9H10N4S. The molecule has 0 bridgehead atoms. The molecule has 2 aromatic heterocycles. The van der Waals surface area contributed by atoms with Crippen molar-refractivity contribution in [3.63, 3.8) is 0 Å². The lowest BCUT2D eigenvalue weighted by Crippen LogP contribution is -2.01. The van der Waals surface area contributed by atoms with Crippen LogP contribution in [-0.4, -0.2) is 20.9 Å². The van der Waals surface area contributed by atoms with Crippen LogP contribution in [0, 0.1) is 0 Å². The summed E-state index contributed by atoms with van der Waals surface area (Å²) in [7, 11) is 0. The van der Waals surface area contributed by atoms with Crippen LogP contribution in [0.1, 0.15) is 6.92 Å². The van der Waals surface area contributed by atoms with Crippen LogP contribution in [0.4, 0.5) is 5.95 Å². The summed E-state index contributed by atoms with van der Waals surface area (Å²) in [4.78, 5) is 9.52. The van der Waals surface area contributed by atoms with E-state index in [4.69, 9.17) is 0 Å². The predicted octanol–water partition coefficient (Wildman–Crippen LogP) is 2.03. The number of rotatable bonds is 3. The van der Waals surface area contributed by atoms with Crippen LogP contribution in [-0.2, 0) is 0 Å². The van der Waals surface area contributed by atoms with Gasteiger partial charge >= 0.3 is 0 Å². The molecule has 0 fully saturated rings. The molecule has 0 aliphatic rings. The Morgan fingerprint density at radius 1 is 1.36 bits per heavy atom. The summed E-state index contributed by atoms with van der Waals surface area (Å²) < 4.78 is 4.04. The molecule has 2 heterocycles. The van der Waals surface area contributed by atoms with Crippen LogP contribution < -0.4 is 5.32 Å². The minimum atomic E-state index is 0.665. The van der Waals surface area contributed by atoms with Crippen molar-refractivity contribution < 1.29 is 0 Å². The molecular weight excluding hydrogens is 196 g/mol. The Morgan fingerprint density at radius 2 is 2.29 bits per heavy atom. The Bertz CT molecular complexity index is 399. The first-order valence-corrected chi connectivity index (χ1v) is 5.15. The van der Waals surface area contributed by atoms with Crippen LogP contribution in [0.25, 0.3) is 10.6 Å². The largest absolute Gasteiger partial charge is 0.354 e. The number of hydrogen-bond acceptors (Lipinski definition) is 5. The second kappa shape index (κ2) is 4.15. The van der Waals surface area contributed by atoms with Gasteiger partial charge in [0.15, 0.2) is 0 Å². The average Bonchev–Trinajstić information content (AvgIpc) is 2.71. The van der Waals surface area contributed by atoms with Gasteiger partial charge in [-0.3, -0.25) is 0 Å². The summed E-state index contributed by atoms with van der Waals surface area (Å²) in [5.74, 6) is 0.665. The van der Waals surface area contributed by atoms with Crippen molar-refractivity contribution in [2.45, 2.75) is 6.92 Å². The highest BCUT2D eigenvalue weighted by molar-refractivity contribution is 7.09. The summed E-state index contributed by atoms with van der Waals surface area (Å²) >= 11 is 1.43. The fraction of sp³-hybridized carbons (Fsp3) is 0.222. The van der Waals surface area contributed by atoms with Gasteiger partial charge in [0.1, 0.15) is 0 Å². The highest BCUT2D eigenvalue weighted by Gasteiger charge is 2.02. The van der Waals surface area contributed by atoms with E-state index in [1.54, 1.807) is 12.4 Å². The van der Waals surface area contributed by atoms with E-state index in [1.165, 1.54) is 11.5 Å². The fourth-order valence-corrected chi connectivity index (χ4v) is 1.65. The molecule has 2 rings (SSSR count). The molecule has 0 atom stereocenters. The van der Waals surface area contributed by atoms with E-state index in [0.717, 1.165) is 17.1 Å². The average molecular weight is 206 g/mol. The van der Waals surface area contributed by atoms with Gasteiger partial charge in [0.25, 0.3) is 0 Å². The number of hydrogen-bond donors (Lipinski definition) is 1. The summed E-state index contributed by atoms with van der Waals surface area (Å²) in [6.45, 7) is 2.84. The topological polar surface area (TPSA) is 50.7 Å². The molecule has 0 saturated heterocycles. The number of aromatic nitrogens is 3. The fourth-order valence-electron chi connectivity index (χ4n) is 1.09. The lowest BCUT2D eigenvalue weighted by Gasteiger charge is -2.01. The number of nitrogens with one attached hydrogen (secondary N) is 1. The smallest absolute Gasteiger partial charge is 0.223 e. The molecule has 0 aromatic carbocycles. The Morgan fingerprint density at radius 3 is 3.00 bits per heavy atom. The predicted molar refractivity (Wildman–Crippen MR) is 57.3 cm³/mol. The SMILES string of the molecule is CCNc1nccc(-c2ccns2)n1. The molecule has 0 unspecified atom stereocenters. The molecule has 2 aromatic rings. The lowest BCUT2D eigenvalue weighted by atomic mass is 10.3. The van der Waals surface area contributed by atoms with E-state index in [0.29, 0.717) is 5.95 Å². The quantitative estimate of drug-likeness (QED) is 0.834. The van der Waals surface area contributed by atoms with E-state index in [9.17, 15) is 0 Å².